The molecule has 0 heterocycles. The summed E-state index contributed by atoms with van der Waals surface area (Å²) in [5.41, 5.74) is 0. The maximum Gasteiger partial charge on any atom is 0.116 e. The van der Waals surface area contributed by atoms with Crippen molar-refractivity contribution in [3.05, 3.63) is 22.7 Å². The van der Waals surface area contributed by atoms with Gasteiger partial charge in [0.05, 0.1) is 15.7 Å². The molecule has 4 heteroatoms. The number of halogens is 1. The Morgan fingerprint density at radius 3 is 2.85 bits per heavy atom. The van der Waals surface area contributed by atoms with E-state index in [1.165, 1.54) is 6.07 Å². The molecular weight excluding hydrogens is 252 g/mol. The molecule has 1 N–H and O–H groups in total. The molecule has 1 rings (SSSR count). The minimum absolute atomic E-state index is 0.155. The monoisotopic (exact) mass is 262 g/mol. The van der Waals surface area contributed by atoms with Gasteiger partial charge in [0.1, 0.15) is 5.75 Å². The van der Waals surface area contributed by atoms with E-state index in [1.54, 1.807) is 12.1 Å². The van der Waals surface area contributed by atoms with E-state index < -0.39 is 10.8 Å². The second kappa shape index (κ2) is 4.77. The van der Waals surface area contributed by atoms with Crippen LogP contribution in [0.3, 0.4) is 0 Å². The van der Waals surface area contributed by atoms with Gasteiger partial charge in [0.15, 0.2) is 0 Å². The fraction of sp³-hybridized carbons (Fsp3) is 0.333. The largest absolute Gasteiger partial charge is 0.508 e. The van der Waals surface area contributed by atoms with E-state index in [2.05, 4.69) is 15.9 Å². The molecule has 1 aromatic rings. The number of hydrogen-bond donors (Lipinski definition) is 1. The number of hydrogen-bond acceptors (Lipinski definition) is 2. The highest BCUT2D eigenvalue weighted by Gasteiger charge is 2.07. The van der Waals surface area contributed by atoms with Gasteiger partial charge in [-0.2, -0.15) is 0 Å². The number of phenolic OH excluding ortho intramolecular Hbond substituents is 1. The van der Waals surface area contributed by atoms with Gasteiger partial charge in [-0.05, 0) is 40.5 Å². The first-order chi connectivity index (χ1) is 6.15. The lowest BCUT2D eigenvalue weighted by Gasteiger charge is -2.03. The normalized spacial score (nSPS) is 12.8. The zero-order valence-electron chi connectivity index (χ0n) is 7.29. The molecule has 13 heavy (non-hydrogen) atoms. The van der Waals surface area contributed by atoms with Crippen LogP contribution in [0.4, 0.5) is 0 Å². The molecule has 0 spiro atoms. The van der Waals surface area contributed by atoms with Crippen LogP contribution in [0.2, 0.25) is 0 Å². The van der Waals surface area contributed by atoms with E-state index in [4.69, 9.17) is 0 Å². The van der Waals surface area contributed by atoms with Crippen molar-refractivity contribution in [3.8, 4) is 5.75 Å². The molecule has 0 saturated heterocycles. The molecule has 0 fully saturated rings. The maximum absolute atomic E-state index is 11.6. The van der Waals surface area contributed by atoms with Gasteiger partial charge in [-0.1, -0.05) is 6.92 Å². The minimum Gasteiger partial charge on any atom is -0.508 e. The van der Waals surface area contributed by atoms with Gasteiger partial charge in [0.2, 0.25) is 0 Å². The van der Waals surface area contributed by atoms with Gasteiger partial charge >= 0.3 is 0 Å². The summed E-state index contributed by atoms with van der Waals surface area (Å²) in [7, 11) is -1.01. The van der Waals surface area contributed by atoms with Gasteiger partial charge in [-0.3, -0.25) is 4.21 Å². The van der Waals surface area contributed by atoms with Crippen LogP contribution in [0.1, 0.15) is 13.3 Å². The molecule has 1 aromatic carbocycles. The minimum atomic E-state index is -1.01. The van der Waals surface area contributed by atoms with Crippen LogP contribution >= 0.6 is 15.9 Å². The van der Waals surface area contributed by atoms with Crippen LogP contribution in [0, 0.1) is 0 Å². The highest BCUT2D eigenvalue weighted by Crippen LogP contribution is 2.24. The molecule has 72 valence electrons. The van der Waals surface area contributed by atoms with Gasteiger partial charge in [0.25, 0.3) is 0 Å². The Bertz CT molecular complexity index is 325. The Morgan fingerprint density at radius 2 is 2.23 bits per heavy atom. The van der Waals surface area contributed by atoms with Crippen LogP contribution in [0.15, 0.2) is 27.6 Å². The SMILES string of the molecule is CCCS(=O)c1cc(O)ccc1Br. The topological polar surface area (TPSA) is 37.3 Å². The summed E-state index contributed by atoms with van der Waals surface area (Å²) in [5.74, 6) is 0.782. The molecule has 0 aromatic heterocycles. The molecular formula is C9H11BrO2S. The van der Waals surface area contributed by atoms with Crippen LogP contribution in [0.25, 0.3) is 0 Å². The van der Waals surface area contributed by atoms with Crippen molar-refractivity contribution in [2.45, 2.75) is 18.2 Å². The van der Waals surface area contributed by atoms with Gasteiger partial charge in [0, 0.05) is 10.2 Å². The quantitative estimate of drug-likeness (QED) is 0.910. The Balaban J connectivity index is 2.99. The molecule has 1 atom stereocenters. The summed E-state index contributed by atoms with van der Waals surface area (Å²) in [5, 5.41) is 9.20. The first-order valence-electron chi connectivity index (χ1n) is 4.02. The van der Waals surface area contributed by atoms with Crippen molar-refractivity contribution in [1.29, 1.82) is 0 Å². The van der Waals surface area contributed by atoms with Gasteiger partial charge in [-0.25, -0.2) is 0 Å². The molecule has 0 radical (unpaired) electrons. The number of aromatic hydroxyl groups is 1. The van der Waals surface area contributed by atoms with Crippen molar-refractivity contribution in [1.82, 2.24) is 0 Å². The van der Waals surface area contributed by atoms with E-state index in [1.807, 2.05) is 6.92 Å². The van der Waals surface area contributed by atoms with Crippen molar-refractivity contribution >= 4 is 26.7 Å². The Hall–Kier alpha value is -0.350. The molecule has 0 aliphatic heterocycles. The lowest BCUT2D eigenvalue weighted by molar-refractivity contribution is 0.473. The summed E-state index contributed by atoms with van der Waals surface area (Å²) >= 11 is 3.30. The lowest BCUT2D eigenvalue weighted by Crippen LogP contribution is -1.97. The summed E-state index contributed by atoms with van der Waals surface area (Å²) in [6, 6.07) is 4.81. The third-order valence-corrected chi connectivity index (χ3v) is 4.11. The van der Waals surface area contributed by atoms with Crippen LogP contribution in [0.5, 0.6) is 5.75 Å². The summed E-state index contributed by atoms with van der Waals surface area (Å²) in [6.07, 6.45) is 0.870. The van der Waals surface area contributed by atoms with E-state index in [-0.39, 0.29) is 5.75 Å². The summed E-state index contributed by atoms with van der Waals surface area (Å²) in [6.45, 7) is 1.98. The number of phenols is 1. The molecule has 0 aliphatic rings. The number of rotatable bonds is 3. The van der Waals surface area contributed by atoms with Gasteiger partial charge in [-0.15, -0.1) is 0 Å². The second-order valence-corrected chi connectivity index (χ2v) is 5.06. The van der Waals surface area contributed by atoms with Crippen LogP contribution < -0.4 is 0 Å². The molecule has 0 aliphatic carbocycles. The average molecular weight is 263 g/mol. The van der Waals surface area contributed by atoms with Crippen molar-refractivity contribution < 1.29 is 9.32 Å². The van der Waals surface area contributed by atoms with Crippen LogP contribution in [-0.2, 0) is 10.8 Å². The molecule has 0 amide bonds. The predicted octanol–water partition coefficient (Wildman–Crippen LogP) is 2.67. The van der Waals surface area contributed by atoms with Crippen molar-refractivity contribution in [2.24, 2.45) is 0 Å². The summed E-state index contributed by atoms with van der Waals surface area (Å²) < 4.78 is 12.4. The van der Waals surface area contributed by atoms with E-state index in [0.717, 1.165) is 10.9 Å². The molecule has 0 saturated carbocycles. The second-order valence-electron chi connectivity index (χ2n) is 2.66. The van der Waals surface area contributed by atoms with Crippen molar-refractivity contribution in [2.75, 3.05) is 5.75 Å². The average Bonchev–Trinajstić information content (AvgIpc) is 2.09. The number of benzene rings is 1. The third kappa shape index (κ3) is 2.81. The highest BCUT2D eigenvalue weighted by atomic mass is 79.9. The first-order valence-corrected chi connectivity index (χ1v) is 6.13. The highest BCUT2D eigenvalue weighted by molar-refractivity contribution is 9.10. The Labute approximate surface area is 88.6 Å². The van der Waals surface area contributed by atoms with Gasteiger partial charge < -0.3 is 5.11 Å². The zero-order valence-corrected chi connectivity index (χ0v) is 9.69. The summed E-state index contributed by atoms with van der Waals surface area (Å²) in [4.78, 5) is 0.668. The predicted molar refractivity (Wildman–Crippen MR) is 57.4 cm³/mol. The molecule has 0 bridgehead atoms. The lowest BCUT2D eigenvalue weighted by atomic mass is 10.3. The van der Waals surface area contributed by atoms with Crippen LogP contribution in [-0.4, -0.2) is 15.1 Å². The zero-order chi connectivity index (χ0) is 9.84. The smallest absolute Gasteiger partial charge is 0.116 e. The fourth-order valence-corrected chi connectivity index (χ4v) is 2.88. The maximum atomic E-state index is 11.6. The molecule has 2 nitrogen and oxygen atoms in total. The van der Waals surface area contributed by atoms with E-state index in [9.17, 15) is 9.32 Å². The molecule has 1 unspecified atom stereocenters. The first kappa shape index (κ1) is 10.7. The van der Waals surface area contributed by atoms with E-state index >= 15 is 0 Å². The Kier molecular flexibility index (Phi) is 3.93. The fourth-order valence-electron chi connectivity index (χ4n) is 0.962. The van der Waals surface area contributed by atoms with E-state index in [0.29, 0.717) is 10.6 Å². The van der Waals surface area contributed by atoms with Crippen molar-refractivity contribution in [3.63, 3.8) is 0 Å². The Morgan fingerprint density at radius 1 is 1.54 bits per heavy atom. The third-order valence-electron chi connectivity index (χ3n) is 1.55. The standard InChI is InChI=1S/C9H11BrO2S/c1-2-5-13(12)9-6-7(11)3-4-8(9)10/h3-4,6,11H,2,5H2,1H3.